The van der Waals surface area contributed by atoms with Gasteiger partial charge in [0.1, 0.15) is 18.0 Å². The Balaban J connectivity index is 2.66. The summed E-state index contributed by atoms with van der Waals surface area (Å²) >= 11 is 0. The zero-order valence-corrected chi connectivity index (χ0v) is 68.8. The number of carboxylic acid groups (broad SMARTS) is 2. The number of hydrogen-bond acceptors (Lipinski definition) is 24. The largest absolute Gasteiger partial charge is 0.479 e. The fourth-order valence-corrected chi connectivity index (χ4v) is 13.8. The monoisotopic (exact) mass is 1590 g/mol. The van der Waals surface area contributed by atoms with Gasteiger partial charge in [0.25, 0.3) is 0 Å². The van der Waals surface area contributed by atoms with Gasteiger partial charge in [-0.05, 0) is 147 Å². The van der Waals surface area contributed by atoms with Gasteiger partial charge >= 0.3 is 29.8 Å². The highest BCUT2D eigenvalue weighted by Gasteiger charge is 2.46. The number of amides is 3. The summed E-state index contributed by atoms with van der Waals surface area (Å²) in [5, 5.41) is 153. The molecule has 0 radical (unpaired) electrons. The van der Waals surface area contributed by atoms with Gasteiger partial charge in [0.2, 0.25) is 17.7 Å². The number of carbonyl (C=O) groups excluding carboxylic acids is 7. The average Bonchev–Trinajstić information content (AvgIpc) is 0.812. The average molecular weight is 1590 g/mol. The number of allylic oxidation sites excluding steroid dienone is 7. The van der Waals surface area contributed by atoms with Crippen LogP contribution in [0.3, 0.4) is 0 Å². The zero-order chi connectivity index (χ0) is 85.7. The summed E-state index contributed by atoms with van der Waals surface area (Å²) in [4.78, 5) is 119. The molecule has 3 amide bonds. The maximum absolute atomic E-state index is 14.6. The molecule has 1 saturated heterocycles. The van der Waals surface area contributed by atoms with E-state index >= 15 is 0 Å². The van der Waals surface area contributed by atoms with Crippen LogP contribution in [-0.4, -0.2) is 237 Å². The fraction of sp³-hybridized carbons (Fsp3) is 0.699. The first-order valence-electron chi connectivity index (χ1n) is 38.9. The quantitative estimate of drug-likeness (QED) is 0.0216. The zero-order valence-electron chi connectivity index (χ0n) is 68.8. The molecular formula is C83H133N3O26. The highest BCUT2D eigenvalue weighted by Crippen LogP contribution is 2.36. The maximum Gasteiger partial charge on any atom is 0.335 e. The number of nitrogens with one attached hydrogen (secondary N) is 3. The molecule has 0 spiro atoms. The number of carbonyl (C=O) groups is 9. The SMILES string of the molecule is COC(=O)C(C)(C)C(O)C(C)C(=O)C(C)(C)/C=C/C(=O)NC(C(O)C(C)C)C(O)C(C)/C=C(\C)C(O)C(C)CCC(O)C(C)C(=O)NC1C(C)OC(=O)C(C(O)C(=O)O)NC(=O)/C=C\C=C\CC/C=C\C=C\C[C@@H]2C[C@@H](C)C[C@@H](CC(O)C(C)C(O)/C(C)=C\C(C)C(O)/C(C)=C\CC(OC(=O)CC(O)C(=O)O)C(C)C1O)O2. The summed E-state index contributed by atoms with van der Waals surface area (Å²) in [6, 6.07) is -5.45. The fourth-order valence-electron chi connectivity index (χ4n) is 13.8. The number of rotatable bonds is 27. The lowest BCUT2D eigenvalue weighted by atomic mass is 9.72. The molecule has 0 aromatic carbocycles. The van der Waals surface area contributed by atoms with Gasteiger partial charge in [-0.1, -0.05) is 136 Å². The highest BCUT2D eigenvalue weighted by atomic mass is 16.6. The van der Waals surface area contributed by atoms with E-state index in [9.17, 15) is 110 Å². The van der Waals surface area contributed by atoms with E-state index in [2.05, 4.69) is 22.9 Å². The number of aliphatic carboxylic acids is 2. The van der Waals surface area contributed by atoms with Crippen LogP contribution >= 0.6 is 0 Å². The van der Waals surface area contributed by atoms with Crippen LogP contribution < -0.4 is 16.0 Å². The number of carboxylic acids is 2. The molecule has 0 aliphatic carbocycles. The molecule has 26 atom stereocenters. The summed E-state index contributed by atoms with van der Waals surface area (Å²) in [5.41, 5.74) is -1.75. The molecule has 2 rings (SSSR count). The Morgan fingerprint density at radius 3 is 1.89 bits per heavy atom. The normalized spacial score (nSPS) is 30.7. The van der Waals surface area contributed by atoms with Gasteiger partial charge in [0.15, 0.2) is 18.2 Å². The minimum atomic E-state index is -2.63. The summed E-state index contributed by atoms with van der Waals surface area (Å²) in [7, 11) is 1.16. The molecule has 2 bridgehead atoms. The molecule has 29 heteroatoms. The van der Waals surface area contributed by atoms with Crippen molar-refractivity contribution in [2.75, 3.05) is 7.11 Å². The van der Waals surface area contributed by atoms with Crippen LogP contribution in [-0.2, 0) is 62.1 Å². The van der Waals surface area contributed by atoms with Crippen molar-refractivity contribution in [3.8, 4) is 0 Å². The molecule has 2 aliphatic rings. The number of aliphatic hydroxyl groups is 11. The van der Waals surface area contributed by atoms with E-state index in [-0.39, 0.29) is 43.5 Å². The Kier molecular flexibility index (Phi) is 43.0. The standard InChI is InChI=1S/C83H133N3O26/c1-43(2)68(93)66(84-63(91)35-36-82(15,16)75(100)54(13)76(101)83(17,18)81(108)109-19)72(97)50(9)40-48(7)69(94)45(4)31-33-58(87)52(11)77(102)86-65-55(14)110-80(107)67(74(99)79(105)106)85-62(90)30-28-26-24-22-20-21-23-25-27-29-56-37-44(3)38-57(111-56)41-59(88)51(10)71(96)49(8)39-47(6)70(95)46(5)32-34-61(53(12)73(65)98)112-64(92)42-60(89)78(103)104/h21,23-28,30,32,35-36,39-40,43-45,47,50-61,65-74,76,87-89,93-99,101H,20,22,29,31,33-34,37-38,41-42H2,1-19H3,(H,84,91)(H,85,90)(H,86,102)(H,103,104)(H,105,106)/b23-21-,26-24+,27-25+,30-28-,36-35+,46-32-,48-40+,49-39-/t44-,45?,47?,50?,51?,52?,53?,54?,55?,56-,57+,58?,59?,60?,61?,65?,66?,67?,68?,69?,70?,71?,72?,73?,74?,76?/m1/s1. The number of ether oxygens (including phenoxy) is 4. The van der Waals surface area contributed by atoms with E-state index in [1.54, 1.807) is 73.6 Å². The molecular weight excluding hydrogens is 1450 g/mol. The van der Waals surface area contributed by atoms with Gasteiger partial charge < -0.3 is 101 Å². The molecule has 0 saturated carbocycles. The Morgan fingerprint density at radius 1 is 0.723 bits per heavy atom. The predicted octanol–water partition coefficient (Wildman–Crippen LogP) is 5.26. The minimum absolute atomic E-state index is 0.0392. The maximum atomic E-state index is 14.6. The number of esters is 3. The Labute approximate surface area is 660 Å². The topological polar surface area (TPSA) is 490 Å². The lowest BCUT2D eigenvalue weighted by Crippen LogP contribution is -2.58. The Bertz CT molecular complexity index is 3320. The van der Waals surface area contributed by atoms with Crippen molar-refractivity contribution in [2.24, 2.45) is 64.1 Å². The molecule has 636 valence electrons. The number of methoxy groups -OCH3 is 1. The second-order valence-electron chi connectivity index (χ2n) is 32.6. The van der Waals surface area contributed by atoms with Crippen LogP contribution in [0.5, 0.6) is 0 Å². The molecule has 2 heterocycles. The lowest BCUT2D eigenvalue weighted by molar-refractivity contribution is -0.168. The van der Waals surface area contributed by atoms with Gasteiger partial charge in [-0.3, -0.25) is 28.8 Å². The van der Waals surface area contributed by atoms with Gasteiger partial charge in [0.05, 0.1) is 104 Å². The molecule has 23 unspecified atom stereocenters. The lowest BCUT2D eigenvalue weighted by Gasteiger charge is -2.36. The number of ketones is 1. The second kappa shape index (κ2) is 47.7. The van der Waals surface area contributed by atoms with Crippen molar-refractivity contribution in [2.45, 2.75) is 299 Å². The van der Waals surface area contributed by atoms with Crippen LogP contribution in [0.1, 0.15) is 189 Å². The summed E-state index contributed by atoms with van der Waals surface area (Å²) in [5.74, 6) is -17.6. The van der Waals surface area contributed by atoms with Gasteiger partial charge in [-0.2, -0.15) is 0 Å². The molecule has 29 nitrogen and oxygen atoms in total. The van der Waals surface area contributed by atoms with E-state index in [4.69, 9.17) is 18.9 Å². The second-order valence-corrected chi connectivity index (χ2v) is 32.6. The van der Waals surface area contributed by atoms with Crippen molar-refractivity contribution >= 4 is 53.4 Å². The van der Waals surface area contributed by atoms with Gasteiger partial charge in [-0.25, -0.2) is 14.4 Å². The van der Waals surface area contributed by atoms with E-state index in [0.717, 1.165) is 32.6 Å². The molecule has 0 aromatic rings. The number of fused-ring (bicyclic) bond motifs is 2. The number of hydrogen-bond donors (Lipinski definition) is 16. The first kappa shape index (κ1) is 101. The van der Waals surface area contributed by atoms with Crippen molar-refractivity contribution in [1.82, 2.24) is 16.0 Å². The molecule has 0 aromatic heterocycles. The van der Waals surface area contributed by atoms with Gasteiger partial charge in [0, 0.05) is 47.5 Å². The first-order valence-corrected chi connectivity index (χ1v) is 38.9. The smallest absolute Gasteiger partial charge is 0.335 e. The van der Waals surface area contributed by atoms with Crippen molar-refractivity contribution in [1.29, 1.82) is 0 Å². The number of Topliss-reactive ketones (excluding diaryl/α,β-unsaturated/α-hetero) is 1. The summed E-state index contributed by atoms with van der Waals surface area (Å²) in [6.45, 7) is 28.0. The van der Waals surface area contributed by atoms with Crippen molar-refractivity contribution in [3.05, 3.63) is 95.7 Å². The summed E-state index contributed by atoms with van der Waals surface area (Å²) in [6.07, 6.45) is 1.24. The van der Waals surface area contributed by atoms with Crippen LogP contribution in [0.15, 0.2) is 95.7 Å². The third-order valence-electron chi connectivity index (χ3n) is 21.7. The van der Waals surface area contributed by atoms with Crippen molar-refractivity contribution in [3.63, 3.8) is 0 Å². The van der Waals surface area contributed by atoms with Crippen LogP contribution in [0, 0.1) is 64.1 Å². The van der Waals surface area contributed by atoms with Gasteiger partial charge in [-0.15, -0.1) is 0 Å². The number of cyclic esters (lactones) is 1. The van der Waals surface area contributed by atoms with E-state index in [1.165, 1.54) is 79.7 Å². The summed E-state index contributed by atoms with van der Waals surface area (Å²) < 4.78 is 22.7. The molecule has 112 heavy (non-hydrogen) atoms. The first-order chi connectivity index (χ1) is 51.9. The van der Waals surface area contributed by atoms with E-state index in [0.29, 0.717) is 42.7 Å². The van der Waals surface area contributed by atoms with Crippen molar-refractivity contribution < 1.29 is 128 Å². The van der Waals surface area contributed by atoms with Crippen LogP contribution in [0.2, 0.25) is 0 Å². The molecule has 2 aliphatic heterocycles. The third-order valence-corrected chi connectivity index (χ3v) is 21.7. The minimum Gasteiger partial charge on any atom is -0.479 e. The predicted molar refractivity (Wildman–Crippen MR) is 417 cm³/mol. The van der Waals surface area contributed by atoms with E-state index < -0.39 is 215 Å². The van der Waals surface area contributed by atoms with E-state index in [1.807, 2.05) is 24.3 Å². The van der Waals surface area contributed by atoms with Crippen LogP contribution in [0.25, 0.3) is 0 Å². The van der Waals surface area contributed by atoms with Crippen LogP contribution in [0.4, 0.5) is 0 Å². The highest BCUT2D eigenvalue weighted by molar-refractivity contribution is 5.95. The molecule has 1 fully saturated rings. The Hall–Kier alpha value is -7.13. The molecule has 16 N–H and O–H groups in total. The third kappa shape index (κ3) is 31.9. The Morgan fingerprint density at radius 2 is 1.31 bits per heavy atom. The number of aliphatic hydroxyl groups excluding tert-OH is 11.